The number of esters is 1. The van der Waals surface area contributed by atoms with Crippen LogP contribution in [-0.4, -0.2) is 42.3 Å². The Kier molecular flexibility index (Phi) is 8.66. The third kappa shape index (κ3) is 6.40. The second-order valence-corrected chi connectivity index (χ2v) is 9.78. The molecule has 1 heterocycles. The van der Waals surface area contributed by atoms with E-state index in [-0.39, 0.29) is 40.1 Å². The zero-order chi connectivity index (χ0) is 26.5. The van der Waals surface area contributed by atoms with Gasteiger partial charge in [-0.05, 0) is 65.9 Å². The molecule has 1 saturated heterocycles. The standard InChI is InChI=1S/C26H18Cl3NO6S/c1-34-22-12-15(6-9-21(22)36-25(32)17-8-7-16(27)14-19(17)29)13-23-24(31)30(26(33)37-23)10-11-35-20-5-3-2-4-18(20)28/h2-9,12-14H,10-11H2,1H3/b23-13-. The summed E-state index contributed by atoms with van der Waals surface area (Å²) < 4.78 is 16.4. The number of amides is 2. The second kappa shape index (κ2) is 11.9. The fourth-order valence-corrected chi connectivity index (χ4v) is 4.86. The molecule has 0 aliphatic carbocycles. The summed E-state index contributed by atoms with van der Waals surface area (Å²) in [7, 11) is 1.42. The zero-order valence-corrected chi connectivity index (χ0v) is 22.3. The lowest BCUT2D eigenvalue weighted by molar-refractivity contribution is -0.123. The van der Waals surface area contributed by atoms with E-state index in [1.54, 1.807) is 42.5 Å². The van der Waals surface area contributed by atoms with E-state index in [9.17, 15) is 14.4 Å². The van der Waals surface area contributed by atoms with E-state index in [2.05, 4.69) is 0 Å². The number of methoxy groups -OCH3 is 1. The number of nitrogens with zero attached hydrogens (tertiary/aromatic N) is 1. The molecule has 0 spiro atoms. The number of carbonyl (C=O) groups excluding carboxylic acids is 3. The number of para-hydroxylation sites is 1. The van der Waals surface area contributed by atoms with Crippen LogP contribution in [0.25, 0.3) is 6.08 Å². The van der Waals surface area contributed by atoms with Crippen LogP contribution in [0.3, 0.4) is 0 Å². The predicted molar refractivity (Wildman–Crippen MR) is 144 cm³/mol. The number of hydrogen-bond acceptors (Lipinski definition) is 7. The molecule has 0 atom stereocenters. The number of hydrogen-bond donors (Lipinski definition) is 0. The Bertz CT molecular complexity index is 1410. The molecule has 0 saturated carbocycles. The first kappa shape index (κ1) is 26.9. The molecule has 1 aliphatic heterocycles. The van der Waals surface area contributed by atoms with E-state index < -0.39 is 17.1 Å². The van der Waals surface area contributed by atoms with Gasteiger partial charge in [-0.15, -0.1) is 0 Å². The molecular weight excluding hydrogens is 561 g/mol. The summed E-state index contributed by atoms with van der Waals surface area (Å²) in [6.45, 7) is 0.166. The van der Waals surface area contributed by atoms with Gasteiger partial charge in [0.2, 0.25) is 0 Å². The van der Waals surface area contributed by atoms with Crippen molar-refractivity contribution in [2.45, 2.75) is 0 Å². The van der Waals surface area contributed by atoms with Crippen molar-refractivity contribution in [3.63, 3.8) is 0 Å². The summed E-state index contributed by atoms with van der Waals surface area (Å²) in [4.78, 5) is 39.2. The van der Waals surface area contributed by atoms with Crippen molar-refractivity contribution in [3.05, 3.63) is 91.8 Å². The molecule has 190 valence electrons. The van der Waals surface area contributed by atoms with E-state index in [1.165, 1.54) is 31.4 Å². The molecule has 3 aromatic rings. The quantitative estimate of drug-likeness (QED) is 0.162. The Hall–Kier alpha value is -3.17. The van der Waals surface area contributed by atoms with Gasteiger partial charge in [-0.25, -0.2) is 4.79 Å². The van der Waals surface area contributed by atoms with Gasteiger partial charge in [-0.3, -0.25) is 14.5 Å². The van der Waals surface area contributed by atoms with Gasteiger partial charge in [0.05, 0.1) is 34.2 Å². The van der Waals surface area contributed by atoms with Crippen LogP contribution in [-0.2, 0) is 4.79 Å². The van der Waals surface area contributed by atoms with Gasteiger partial charge in [0.25, 0.3) is 11.1 Å². The van der Waals surface area contributed by atoms with Crippen molar-refractivity contribution in [2.75, 3.05) is 20.3 Å². The third-order valence-electron chi connectivity index (χ3n) is 5.12. The van der Waals surface area contributed by atoms with Crippen LogP contribution in [0.15, 0.2) is 65.6 Å². The monoisotopic (exact) mass is 577 g/mol. The van der Waals surface area contributed by atoms with Crippen molar-refractivity contribution in [1.29, 1.82) is 0 Å². The summed E-state index contributed by atoms with van der Waals surface area (Å²) in [5.74, 6) is -0.254. The normalized spacial score (nSPS) is 14.3. The average molecular weight is 579 g/mol. The fraction of sp³-hybridized carbons (Fsp3) is 0.115. The minimum atomic E-state index is -0.687. The van der Waals surface area contributed by atoms with Crippen molar-refractivity contribution >= 4 is 69.8 Å². The van der Waals surface area contributed by atoms with Crippen molar-refractivity contribution in [2.24, 2.45) is 0 Å². The van der Waals surface area contributed by atoms with Gasteiger partial charge in [-0.2, -0.15) is 0 Å². The minimum absolute atomic E-state index is 0.0682. The summed E-state index contributed by atoms with van der Waals surface area (Å²) in [6.07, 6.45) is 1.56. The van der Waals surface area contributed by atoms with E-state index in [0.29, 0.717) is 21.4 Å². The minimum Gasteiger partial charge on any atom is -0.493 e. The molecule has 3 aromatic carbocycles. The maximum Gasteiger partial charge on any atom is 0.345 e. The van der Waals surface area contributed by atoms with Crippen molar-refractivity contribution < 1.29 is 28.6 Å². The summed E-state index contributed by atoms with van der Waals surface area (Å²) in [5.41, 5.74) is 0.711. The van der Waals surface area contributed by atoms with Crippen LogP contribution in [0.4, 0.5) is 4.79 Å². The summed E-state index contributed by atoms with van der Waals surface area (Å²) in [6, 6.07) is 16.1. The molecule has 1 aliphatic rings. The maximum atomic E-state index is 12.8. The zero-order valence-electron chi connectivity index (χ0n) is 19.2. The Morgan fingerprint density at radius 3 is 2.46 bits per heavy atom. The topological polar surface area (TPSA) is 82.1 Å². The van der Waals surface area contributed by atoms with Crippen LogP contribution >= 0.6 is 46.6 Å². The smallest absolute Gasteiger partial charge is 0.345 e. The Morgan fingerprint density at radius 1 is 0.946 bits per heavy atom. The first-order valence-corrected chi connectivity index (χ1v) is 12.7. The van der Waals surface area contributed by atoms with Crippen LogP contribution in [0.1, 0.15) is 15.9 Å². The lowest BCUT2D eigenvalue weighted by Gasteiger charge is -2.13. The van der Waals surface area contributed by atoms with Crippen molar-refractivity contribution in [3.8, 4) is 17.2 Å². The number of halogens is 3. The summed E-state index contributed by atoms with van der Waals surface area (Å²) >= 11 is 18.8. The van der Waals surface area contributed by atoms with Crippen LogP contribution < -0.4 is 14.2 Å². The van der Waals surface area contributed by atoms with Gasteiger partial charge in [-0.1, -0.05) is 53.0 Å². The van der Waals surface area contributed by atoms with Gasteiger partial charge < -0.3 is 14.2 Å². The number of benzene rings is 3. The Morgan fingerprint density at radius 2 is 1.73 bits per heavy atom. The number of imide groups is 1. The van der Waals surface area contributed by atoms with Gasteiger partial charge in [0.15, 0.2) is 11.5 Å². The molecule has 0 N–H and O–H groups in total. The second-order valence-electron chi connectivity index (χ2n) is 7.54. The van der Waals surface area contributed by atoms with E-state index >= 15 is 0 Å². The molecule has 0 unspecified atom stereocenters. The Labute approximate surface area is 231 Å². The lowest BCUT2D eigenvalue weighted by Crippen LogP contribution is -2.32. The molecule has 1 fully saturated rings. The number of ether oxygens (including phenoxy) is 3. The third-order valence-corrected chi connectivity index (χ3v) is 6.89. The number of thioether (sulfide) groups is 1. The van der Waals surface area contributed by atoms with E-state index in [4.69, 9.17) is 49.0 Å². The van der Waals surface area contributed by atoms with Crippen LogP contribution in [0.5, 0.6) is 17.2 Å². The lowest BCUT2D eigenvalue weighted by atomic mass is 10.1. The first-order valence-electron chi connectivity index (χ1n) is 10.7. The Balaban J connectivity index is 1.44. The van der Waals surface area contributed by atoms with Crippen molar-refractivity contribution in [1.82, 2.24) is 4.90 Å². The SMILES string of the molecule is COc1cc(/C=C2\SC(=O)N(CCOc3ccccc3Cl)C2=O)ccc1OC(=O)c1ccc(Cl)cc1Cl. The summed E-state index contributed by atoms with van der Waals surface area (Å²) in [5, 5.41) is 0.578. The molecule has 7 nitrogen and oxygen atoms in total. The fourth-order valence-electron chi connectivity index (χ4n) is 3.32. The first-order chi connectivity index (χ1) is 17.8. The largest absolute Gasteiger partial charge is 0.493 e. The molecule has 0 aromatic heterocycles. The van der Waals surface area contributed by atoms with Gasteiger partial charge in [0.1, 0.15) is 12.4 Å². The van der Waals surface area contributed by atoms with Gasteiger partial charge in [0, 0.05) is 5.02 Å². The predicted octanol–water partition coefficient (Wildman–Crippen LogP) is 6.99. The number of carbonyl (C=O) groups is 3. The highest BCUT2D eigenvalue weighted by Gasteiger charge is 2.35. The van der Waals surface area contributed by atoms with E-state index in [0.717, 1.165) is 16.7 Å². The highest BCUT2D eigenvalue weighted by Crippen LogP contribution is 2.35. The maximum absolute atomic E-state index is 12.8. The molecule has 4 rings (SSSR count). The molecular formula is C26H18Cl3NO6S. The highest BCUT2D eigenvalue weighted by atomic mass is 35.5. The van der Waals surface area contributed by atoms with Crippen LogP contribution in [0.2, 0.25) is 15.1 Å². The van der Waals surface area contributed by atoms with E-state index in [1.807, 2.05) is 0 Å². The molecule has 2 amide bonds. The number of rotatable bonds is 8. The molecule has 37 heavy (non-hydrogen) atoms. The molecule has 11 heteroatoms. The highest BCUT2D eigenvalue weighted by molar-refractivity contribution is 8.18. The molecule has 0 radical (unpaired) electrons. The average Bonchev–Trinajstić information content (AvgIpc) is 3.13. The molecule has 0 bridgehead atoms. The van der Waals surface area contributed by atoms with Gasteiger partial charge >= 0.3 is 5.97 Å². The van der Waals surface area contributed by atoms with Crippen LogP contribution in [0, 0.1) is 0 Å².